The lowest BCUT2D eigenvalue weighted by atomic mass is 9.93. The third-order valence-electron chi connectivity index (χ3n) is 3.44. The zero-order chi connectivity index (χ0) is 14.9. The SMILES string of the molecule is COc1cc(C)c(C(N)c2cccc(F)c2F)cc1C. The largest absolute Gasteiger partial charge is 0.496 e. The number of rotatable bonds is 3. The molecule has 0 radical (unpaired) electrons. The first-order valence-corrected chi connectivity index (χ1v) is 6.30. The van der Waals surface area contributed by atoms with Gasteiger partial charge in [-0.15, -0.1) is 0 Å². The Hall–Kier alpha value is -1.94. The van der Waals surface area contributed by atoms with Crippen LogP contribution in [0.4, 0.5) is 8.78 Å². The van der Waals surface area contributed by atoms with Crippen LogP contribution in [0, 0.1) is 25.5 Å². The lowest BCUT2D eigenvalue weighted by molar-refractivity contribution is 0.411. The van der Waals surface area contributed by atoms with Gasteiger partial charge in [0.1, 0.15) is 5.75 Å². The molecule has 0 aliphatic heterocycles. The molecule has 0 aromatic heterocycles. The second kappa shape index (κ2) is 5.59. The second-order valence-electron chi connectivity index (χ2n) is 4.80. The van der Waals surface area contributed by atoms with E-state index in [0.717, 1.165) is 28.5 Å². The molecule has 0 saturated heterocycles. The maximum atomic E-state index is 13.8. The molecule has 2 nitrogen and oxygen atoms in total. The van der Waals surface area contributed by atoms with Crippen LogP contribution in [0.5, 0.6) is 5.75 Å². The highest BCUT2D eigenvalue weighted by Gasteiger charge is 2.19. The minimum atomic E-state index is -0.895. The molecule has 0 spiro atoms. The number of ether oxygens (including phenoxy) is 1. The predicted molar refractivity (Wildman–Crippen MR) is 74.9 cm³/mol. The van der Waals surface area contributed by atoms with Crippen LogP contribution < -0.4 is 10.5 Å². The van der Waals surface area contributed by atoms with Crippen LogP contribution in [-0.4, -0.2) is 7.11 Å². The molecule has 0 fully saturated rings. The molecule has 2 rings (SSSR count). The zero-order valence-electron chi connectivity index (χ0n) is 11.7. The highest BCUT2D eigenvalue weighted by atomic mass is 19.2. The Bertz CT molecular complexity index is 641. The molecule has 0 bridgehead atoms. The van der Waals surface area contributed by atoms with Crippen molar-refractivity contribution in [3.05, 3.63) is 64.2 Å². The van der Waals surface area contributed by atoms with Crippen molar-refractivity contribution in [2.75, 3.05) is 7.11 Å². The fraction of sp³-hybridized carbons (Fsp3) is 0.250. The summed E-state index contributed by atoms with van der Waals surface area (Å²) < 4.78 is 32.4. The molecular weight excluding hydrogens is 260 g/mol. The molecule has 0 heterocycles. The molecule has 1 unspecified atom stereocenters. The van der Waals surface area contributed by atoms with Gasteiger partial charge in [0.25, 0.3) is 0 Å². The maximum Gasteiger partial charge on any atom is 0.163 e. The van der Waals surface area contributed by atoms with Crippen molar-refractivity contribution < 1.29 is 13.5 Å². The Morgan fingerprint density at radius 2 is 1.75 bits per heavy atom. The monoisotopic (exact) mass is 277 g/mol. The van der Waals surface area contributed by atoms with E-state index in [1.807, 2.05) is 26.0 Å². The van der Waals surface area contributed by atoms with Gasteiger partial charge < -0.3 is 10.5 Å². The molecule has 2 N–H and O–H groups in total. The van der Waals surface area contributed by atoms with E-state index in [1.54, 1.807) is 7.11 Å². The Morgan fingerprint density at radius 3 is 2.40 bits per heavy atom. The van der Waals surface area contributed by atoms with Crippen LogP contribution in [-0.2, 0) is 0 Å². The van der Waals surface area contributed by atoms with Crippen molar-refractivity contribution in [1.29, 1.82) is 0 Å². The minimum Gasteiger partial charge on any atom is -0.496 e. The van der Waals surface area contributed by atoms with Gasteiger partial charge in [-0.05, 0) is 42.7 Å². The first kappa shape index (κ1) is 14.5. The van der Waals surface area contributed by atoms with Crippen molar-refractivity contribution in [2.45, 2.75) is 19.9 Å². The van der Waals surface area contributed by atoms with Crippen LogP contribution in [0.1, 0.15) is 28.3 Å². The summed E-state index contributed by atoms with van der Waals surface area (Å²) in [6.07, 6.45) is 0. The fourth-order valence-electron chi connectivity index (χ4n) is 2.30. The highest BCUT2D eigenvalue weighted by molar-refractivity contribution is 5.45. The van der Waals surface area contributed by atoms with E-state index < -0.39 is 17.7 Å². The molecule has 0 aliphatic rings. The molecular formula is C16H17F2NO. The molecule has 4 heteroatoms. The van der Waals surface area contributed by atoms with Gasteiger partial charge in [-0.1, -0.05) is 18.2 Å². The summed E-state index contributed by atoms with van der Waals surface area (Å²) in [4.78, 5) is 0. The number of hydrogen-bond donors (Lipinski definition) is 1. The Morgan fingerprint density at radius 1 is 1.05 bits per heavy atom. The number of benzene rings is 2. The summed E-state index contributed by atoms with van der Waals surface area (Å²) in [5.74, 6) is -1.04. The maximum absolute atomic E-state index is 13.8. The van der Waals surface area contributed by atoms with Crippen LogP contribution in [0.2, 0.25) is 0 Å². The normalized spacial score (nSPS) is 12.3. The lowest BCUT2D eigenvalue weighted by Crippen LogP contribution is -2.16. The van der Waals surface area contributed by atoms with E-state index in [2.05, 4.69) is 0 Å². The van der Waals surface area contributed by atoms with E-state index in [4.69, 9.17) is 10.5 Å². The third kappa shape index (κ3) is 2.51. The lowest BCUT2D eigenvalue weighted by Gasteiger charge is -2.18. The van der Waals surface area contributed by atoms with E-state index in [9.17, 15) is 8.78 Å². The zero-order valence-corrected chi connectivity index (χ0v) is 11.7. The first-order chi connectivity index (χ1) is 9.45. The van der Waals surface area contributed by atoms with Crippen molar-refractivity contribution in [3.8, 4) is 5.75 Å². The van der Waals surface area contributed by atoms with Crippen LogP contribution in [0.3, 0.4) is 0 Å². The van der Waals surface area contributed by atoms with Crippen molar-refractivity contribution >= 4 is 0 Å². The molecule has 2 aromatic carbocycles. The topological polar surface area (TPSA) is 35.2 Å². The number of nitrogens with two attached hydrogens (primary N) is 1. The standard InChI is InChI=1S/C16H17F2NO/c1-9-8-14(20-3)10(2)7-12(9)16(19)11-5-4-6-13(17)15(11)18/h4-8,16H,19H2,1-3H3. The summed E-state index contributed by atoms with van der Waals surface area (Å²) in [6.45, 7) is 3.75. The summed E-state index contributed by atoms with van der Waals surface area (Å²) in [7, 11) is 1.59. The van der Waals surface area contributed by atoms with Gasteiger partial charge in [0.15, 0.2) is 11.6 Å². The van der Waals surface area contributed by atoms with E-state index in [0.29, 0.717) is 0 Å². The third-order valence-corrected chi connectivity index (χ3v) is 3.44. The molecule has 1 atom stereocenters. The van der Waals surface area contributed by atoms with Crippen LogP contribution in [0.25, 0.3) is 0 Å². The molecule has 0 saturated carbocycles. The predicted octanol–water partition coefficient (Wildman–Crippen LogP) is 3.64. The summed E-state index contributed by atoms with van der Waals surface area (Å²) in [5.41, 5.74) is 8.79. The van der Waals surface area contributed by atoms with Crippen molar-refractivity contribution in [1.82, 2.24) is 0 Å². The molecule has 2 aromatic rings. The van der Waals surface area contributed by atoms with E-state index in [-0.39, 0.29) is 5.56 Å². The molecule has 0 amide bonds. The van der Waals surface area contributed by atoms with Crippen molar-refractivity contribution in [3.63, 3.8) is 0 Å². The van der Waals surface area contributed by atoms with E-state index >= 15 is 0 Å². The van der Waals surface area contributed by atoms with Gasteiger partial charge in [0.05, 0.1) is 13.2 Å². The summed E-state index contributed by atoms with van der Waals surface area (Å²) >= 11 is 0. The molecule has 106 valence electrons. The van der Waals surface area contributed by atoms with E-state index in [1.165, 1.54) is 12.1 Å². The van der Waals surface area contributed by atoms with Gasteiger partial charge in [-0.25, -0.2) is 8.78 Å². The average molecular weight is 277 g/mol. The van der Waals surface area contributed by atoms with Gasteiger partial charge >= 0.3 is 0 Å². The fourth-order valence-corrected chi connectivity index (χ4v) is 2.30. The quantitative estimate of drug-likeness (QED) is 0.929. The molecule has 20 heavy (non-hydrogen) atoms. The van der Waals surface area contributed by atoms with Gasteiger partial charge in [0, 0.05) is 5.56 Å². The van der Waals surface area contributed by atoms with Crippen LogP contribution in [0.15, 0.2) is 30.3 Å². The smallest absolute Gasteiger partial charge is 0.163 e. The summed E-state index contributed by atoms with van der Waals surface area (Å²) in [5, 5.41) is 0. The average Bonchev–Trinajstić information content (AvgIpc) is 2.43. The Labute approximate surface area is 117 Å². The van der Waals surface area contributed by atoms with Gasteiger partial charge in [0.2, 0.25) is 0 Å². The Balaban J connectivity index is 2.51. The number of hydrogen-bond acceptors (Lipinski definition) is 2. The van der Waals surface area contributed by atoms with Crippen molar-refractivity contribution in [2.24, 2.45) is 5.73 Å². The second-order valence-corrected chi connectivity index (χ2v) is 4.80. The molecule has 0 aliphatic carbocycles. The van der Waals surface area contributed by atoms with Gasteiger partial charge in [-0.3, -0.25) is 0 Å². The first-order valence-electron chi connectivity index (χ1n) is 6.30. The van der Waals surface area contributed by atoms with Crippen LogP contribution >= 0.6 is 0 Å². The summed E-state index contributed by atoms with van der Waals surface area (Å²) in [6, 6.07) is 7.03. The highest BCUT2D eigenvalue weighted by Crippen LogP contribution is 2.30. The van der Waals surface area contributed by atoms with Gasteiger partial charge in [-0.2, -0.15) is 0 Å². The number of halogens is 2. The Kier molecular flexibility index (Phi) is 4.04. The number of aryl methyl sites for hydroxylation is 2. The number of methoxy groups -OCH3 is 1. The minimum absolute atomic E-state index is 0.151.